The summed E-state index contributed by atoms with van der Waals surface area (Å²) in [5, 5.41) is 1.16. The van der Waals surface area contributed by atoms with Gasteiger partial charge in [-0.3, -0.25) is 0 Å². The number of allylic oxidation sites excluding steroid dienone is 2. The van der Waals surface area contributed by atoms with E-state index in [1.807, 2.05) is 30.3 Å². The van der Waals surface area contributed by atoms with Crippen LogP contribution in [-0.4, -0.2) is 25.2 Å². The SMILES string of the molecule is COC(=O)c1ccc2c(C3C=CCCC3)c(-c3ccc(OC)cc3)[nH]c2c1. The van der Waals surface area contributed by atoms with E-state index < -0.39 is 0 Å². The zero-order valence-corrected chi connectivity index (χ0v) is 15.6. The molecule has 3 aromatic rings. The Bertz CT molecular complexity index is 998. The molecular formula is C23H23NO3. The van der Waals surface area contributed by atoms with Crippen molar-refractivity contribution in [2.24, 2.45) is 0 Å². The Morgan fingerprint density at radius 3 is 2.59 bits per heavy atom. The molecule has 1 N–H and O–H groups in total. The molecule has 138 valence electrons. The molecule has 4 nitrogen and oxygen atoms in total. The van der Waals surface area contributed by atoms with Crippen molar-refractivity contribution in [2.45, 2.75) is 25.2 Å². The third-order valence-corrected chi connectivity index (χ3v) is 5.26. The normalized spacial score (nSPS) is 16.4. The van der Waals surface area contributed by atoms with E-state index in [-0.39, 0.29) is 5.97 Å². The number of benzene rings is 2. The van der Waals surface area contributed by atoms with Crippen molar-refractivity contribution in [1.82, 2.24) is 4.98 Å². The first-order chi connectivity index (χ1) is 13.2. The Balaban J connectivity index is 1.90. The van der Waals surface area contributed by atoms with Gasteiger partial charge in [0.2, 0.25) is 0 Å². The summed E-state index contributed by atoms with van der Waals surface area (Å²) in [5.41, 5.74) is 5.02. The van der Waals surface area contributed by atoms with Gasteiger partial charge in [-0.1, -0.05) is 18.2 Å². The highest BCUT2D eigenvalue weighted by molar-refractivity contribution is 5.98. The molecule has 1 atom stereocenters. The summed E-state index contributed by atoms with van der Waals surface area (Å²) < 4.78 is 10.2. The number of methoxy groups -OCH3 is 2. The van der Waals surface area contributed by atoms with Crippen LogP contribution in [0, 0.1) is 0 Å². The highest BCUT2D eigenvalue weighted by Gasteiger charge is 2.22. The molecule has 4 rings (SSSR count). The second-order valence-corrected chi connectivity index (χ2v) is 6.86. The van der Waals surface area contributed by atoms with Gasteiger partial charge in [-0.15, -0.1) is 0 Å². The number of H-pyrrole nitrogens is 1. The molecule has 1 heterocycles. The Labute approximate surface area is 158 Å². The first kappa shape index (κ1) is 17.4. The topological polar surface area (TPSA) is 51.3 Å². The molecule has 1 aliphatic carbocycles. The minimum Gasteiger partial charge on any atom is -0.497 e. The number of hydrogen-bond acceptors (Lipinski definition) is 3. The van der Waals surface area contributed by atoms with Crippen LogP contribution in [0.15, 0.2) is 54.6 Å². The molecule has 0 saturated heterocycles. The molecule has 0 bridgehead atoms. The highest BCUT2D eigenvalue weighted by Crippen LogP contribution is 2.40. The second-order valence-electron chi connectivity index (χ2n) is 6.86. The Morgan fingerprint density at radius 2 is 1.93 bits per heavy atom. The summed E-state index contributed by atoms with van der Waals surface area (Å²) in [6.45, 7) is 0. The lowest BCUT2D eigenvalue weighted by Gasteiger charge is -2.18. The molecule has 4 heteroatoms. The predicted octanol–water partition coefficient (Wildman–Crippen LogP) is 5.45. The van der Waals surface area contributed by atoms with Crippen molar-refractivity contribution in [3.63, 3.8) is 0 Å². The number of carbonyl (C=O) groups excluding carboxylic acids is 1. The largest absolute Gasteiger partial charge is 0.497 e. The van der Waals surface area contributed by atoms with Crippen LogP contribution in [0.5, 0.6) is 5.75 Å². The molecular weight excluding hydrogens is 338 g/mol. The number of carbonyl (C=O) groups is 1. The van der Waals surface area contributed by atoms with Gasteiger partial charge in [0.05, 0.1) is 25.5 Å². The number of aromatic nitrogens is 1. The summed E-state index contributed by atoms with van der Waals surface area (Å²) in [6, 6.07) is 13.8. The van der Waals surface area contributed by atoms with Crippen LogP contribution in [0.3, 0.4) is 0 Å². The van der Waals surface area contributed by atoms with Crippen molar-refractivity contribution in [1.29, 1.82) is 0 Å². The summed E-state index contributed by atoms with van der Waals surface area (Å²) in [6.07, 6.45) is 8.05. The summed E-state index contributed by atoms with van der Waals surface area (Å²) >= 11 is 0. The summed E-state index contributed by atoms with van der Waals surface area (Å²) in [4.78, 5) is 15.5. The van der Waals surface area contributed by atoms with Crippen LogP contribution in [-0.2, 0) is 4.74 Å². The van der Waals surface area contributed by atoms with Crippen molar-refractivity contribution in [3.8, 4) is 17.0 Å². The van der Waals surface area contributed by atoms with Gasteiger partial charge in [-0.05, 0) is 66.8 Å². The summed E-state index contributed by atoms with van der Waals surface area (Å²) in [7, 11) is 3.08. The molecule has 1 aromatic heterocycles. The minimum atomic E-state index is -0.323. The van der Waals surface area contributed by atoms with Crippen LogP contribution in [0.2, 0.25) is 0 Å². The monoisotopic (exact) mass is 361 g/mol. The van der Waals surface area contributed by atoms with Gasteiger partial charge in [-0.25, -0.2) is 4.79 Å². The van der Waals surface area contributed by atoms with Gasteiger partial charge in [0.1, 0.15) is 5.75 Å². The standard InChI is InChI=1S/C23H23NO3/c1-26-18-11-8-16(9-12-18)22-21(15-6-4-3-5-7-15)19-13-10-17(23(25)27-2)14-20(19)24-22/h4,6,8-15,24H,3,5,7H2,1-2H3. The van der Waals surface area contributed by atoms with Crippen molar-refractivity contribution < 1.29 is 14.3 Å². The highest BCUT2D eigenvalue weighted by atomic mass is 16.5. The van der Waals surface area contributed by atoms with Crippen LogP contribution in [0.25, 0.3) is 22.2 Å². The van der Waals surface area contributed by atoms with E-state index in [0.29, 0.717) is 11.5 Å². The molecule has 0 saturated carbocycles. The quantitative estimate of drug-likeness (QED) is 0.496. The van der Waals surface area contributed by atoms with Gasteiger partial charge < -0.3 is 14.5 Å². The molecule has 0 aliphatic heterocycles. The van der Waals surface area contributed by atoms with Crippen LogP contribution >= 0.6 is 0 Å². The second kappa shape index (κ2) is 7.31. The molecule has 0 amide bonds. The average molecular weight is 361 g/mol. The maximum absolute atomic E-state index is 11.9. The van der Waals surface area contributed by atoms with Crippen molar-refractivity contribution in [3.05, 3.63) is 65.7 Å². The Morgan fingerprint density at radius 1 is 1.11 bits per heavy atom. The lowest BCUT2D eigenvalue weighted by Crippen LogP contribution is -2.01. The Hall–Kier alpha value is -3.01. The van der Waals surface area contributed by atoms with E-state index >= 15 is 0 Å². The van der Waals surface area contributed by atoms with Gasteiger partial charge in [-0.2, -0.15) is 0 Å². The number of ether oxygens (including phenoxy) is 2. The Kier molecular flexibility index (Phi) is 4.71. The minimum absolute atomic E-state index is 0.323. The molecule has 27 heavy (non-hydrogen) atoms. The fraction of sp³-hybridized carbons (Fsp3) is 0.261. The van der Waals surface area contributed by atoms with E-state index in [9.17, 15) is 4.79 Å². The van der Waals surface area contributed by atoms with Gasteiger partial charge in [0.15, 0.2) is 0 Å². The van der Waals surface area contributed by atoms with E-state index in [1.54, 1.807) is 7.11 Å². The molecule has 0 fully saturated rings. The third-order valence-electron chi connectivity index (χ3n) is 5.26. The zero-order chi connectivity index (χ0) is 18.8. The number of esters is 1. The number of aromatic amines is 1. The maximum atomic E-state index is 11.9. The van der Waals surface area contributed by atoms with Gasteiger partial charge in [0, 0.05) is 16.8 Å². The first-order valence-corrected chi connectivity index (χ1v) is 9.26. The lowest BCUT2D eigenvalue weighted by molar-refractivity contribution is 0.0601. The van der Waals surface area contributed by atoms with Crippen molar-refractivity contribution in [2.75, 3.05) is 14.2 Å². The van der Waals surface area contributed by atoms with Gasteiger partial charge in [0.25, 0.3) is 0 Å². The maximum Gasteiger partial charge on any atom is 0.337 e. The van der Waals surface area contributed by atoms with Crippen LogP contribution in [0.4, 0.5) is 0 Å². The first-order valence-electron chi connectivity index (χ1n) is 9.26. The summed E-state index contributed by atoms with van der Waals surface area (Å²) in [5.74, 6) is 0.882. The number of nitrogens with one attached hydrogen (secondary N) is 1. The average Bonchev–Trinajstić information content (AvgIpc) is 3.12. The molecule has 1 unspecified atom stereocenters. The smallest absolute Gasteiger partial charge is 0.337 e. The lowest BCUT2D eigenvalue weighted by atomic mass is 9.86. The van der Waals surface area contributed by atoms with E-state index in [1.165, 1.54) is 19.1 Å². The number of fused-ring (bicyclic) bond motifs is 1. The number of rotatable bonds is 4. The third kappa shape index (κ3) is 3.23. The van der Waals surface area contributed by atoms with E-state index in [4.69, 9.17) is 9.47 Å². The fourth-order valence-electron chi connectivity index (χ4n) is 3.89. The van der Waals surface area contributed by atoms with E-state index in [2.05, 4.69) is 29.3 Å². The molecule has 0 radical (unpaired) electrons. The van der Waals surface area contributed by atoms with E-state index in [0.717, 1.165) is 40.8 Å². The van der Waals surface area contributed by atoms with Gasteiger partial charge >= 0.3 is 5.97 Å². The fourth-order valence-corrected chi connectivity index (χ4v) is 3.89. The zero-order valence-electron chi connectivity index (χ0n) is 15.6. The molecule has 2 aromatic carbocycles. The van der Waals surface area contributed by atoms with Crippen LogP contribution in [0.1, 0.15) is 41.1 Å². The van der Waals surface area contributed by atoms with Crippen LogP contribution < -0.4 is 4.74 Å². The number of hydrogen-bond donors (Lipinski definition) is 1. The molecule has 0 spiro atoms. The molecule has 1 aliphatic rings. The van der Waals surface area contributed by atoms with Crippen molar-refractivity contribution >= 4 is 16.9 Å². The predicted molar refractivity (Wildman–Crippen MR) is 107 cm³/mol.